The number of hydrogen-bond acceptors (Lipinski definition) is 2. The van der Waals surface area contributed by atoms with Crippen LogP contribution < -0.4 is 4.74 Å². The second-order valence-electron chi connectivity index (χ2n) is 3.95. The number of ether oxygens (including phenoxy) is 1. The van der Waals surface area contributed by atoms with Gasteiger partial charge in [-0.05, 0) is 29.7 Å². The summed E-state index contributed by atoms with van der Waals surface area (Å²) < 4.78 is 5.42. The number of allylic oxidation sites excluding steroid dienone is 2. The molecule has 2 heteroatoms. The molecular formula is C15H16O2. The molecule has 0 heterocycles. The van der Waals surface area contributed by atoms with Gasteiger partial charge in [-0.2, -0.15) is 0 Å². The Bertz CT molecular complexity index is 440. The minimum atomic E-state index is -0.339. The zero-order valence-electron chi connectivity index (χ0n) is 9.67. The molecule has 1 aliphatic rings. The largest absolute Gasteiger partial charge is 0.490 e. The van der Waals surface area contributed by atoms with Gasteiger partial charge < -0.3 is 9.84 Å². The number of benzene rings is 1. The SMILES string of the molecule is C=CCOc1ccc(C2=CCC(O)C=C2)cc1. The quantitative estimate of drug-likeness (QED) is 0.803. The fourth-order valence-corrected chi connectivity index (χ4v) is 1.72. The third-order valence-electron chi connectivity index (χ3n) is 2.63. The van der Waals surface area contributed by atoms with Crippen LogP contribution in [0.15, 0.2) is 55.1 Å². The van der Waals surface area contributed by atoms with Gasteiger partial charge in [-0.1, -0.05) is 43.0 Å². The molecule has 0 amide bonds. The molecular weight excluding hydrogens is 212 g/mol. The maximum absolute atomic E-state index is 9.35. The van der Waals surface area contributed by atoms with Gasteiger partial charge in [0.05, 0.1) is 6.10 Å². The number of aliphatic hydroxyl groups is 1. The number of rotatable bonds is 4. The molecule has 1 unspecified atom stereocenters. The lowest BCUT2D eigenvalue weighted by Crippen LogP contribution is -2.03. The van der Waals surface area contributed by atoms with Gasteiger partial charge in [-0.3, -0.25) is 0 Å². The average molecular weight is 228 g/mol. The Balaban J connectivity index is 2.08. The van der Waals surface area contributed by atoms with E-state index in [1.807, 2.05) is 42.5 Å². The van der Waals surface area contributed by atoms with Crippen molar-refractivity contribution < 1.29 is 9.84 Å². The topological polar surface area (TPSA) is 29.5 Å². The van der Waals surface area contributed by atoms with Crippen molar-refractivity contribution in [2.45, 2.75) is 12.5 Å². The Morgan fingerprint density at radius 2 is 2.12 bits per heavy atom. The summed E-state index contributed by atoms with van der Waals surface area (Å²) in [6.07, 6.45) is 7.88. The van der Waals surface area contributed by atoms with Crippen molar-refractivity contribution in [3.05, 3.63) is 60.7 Å². The molecule has 0 spiro atoms. The molecule has 17 heavy (non-hydrogen) atoms. The molecule has 2 nitrogen and oxygen atoms in total. The molecule has 0 fully saturated rings. The first kappa shape index (κ1) is 11.7. The summed E-state index contributed by atoms with van der Waals surface area (Å²) in [5.41, 5.74) is 2.28. The zero-order chi connectivity index (χ0) is 12.1. The Kier molecular flexibility index (Phi) is 3.78. The van der Waals surface area contributed by atoms with E-state index in [0.29, 0.717) is 13.0 Å². The summed E-state index contributed by atoms with van der Waals surface area (Å²) in [5, 5.41) is 9.35. The first-order valence-corrected chi connectivity index (χ1v) is 5.70. The summed E-state index contributed by atoms with van der Waals surface area (Å²) >= 11 is 0. The fourth-order valence-electron chi connectivity index (χ4n) is 1.72. The maximum Gasteiger partial charge on any atom is 0.119 e. The van der Waals surface area contributed by atoms with E-state index in [2.05, 4.69) is 6.58 Å². The molecule has 1 aromatic carbocycles. The lowest BCUT2D eigenvalue weighted by atomic mass is 9.98. The van der Waals surface area contributed by atoms with Crippen molar-refractivity contribution >= 4 is 5.57 Å². The van der Waals surface area contributed by atoms with E-state index in [-0.39, 0.29) is 6.10 Å². The zero-order valence-corrected chi connectivity index (χ0v) is 9.67. The Hall–Kier alpha value is -1.80. The fraction of sp³-hybridized carbons (Fsp3) is 0.200. The molecule has 0 radical (unpaired) electrons. The van der Waals surface area contributed by atoms with Crippen LogP contribution in [0, 0.1) is 0 Å². The summed E-state index contributed by atoms with van der Waals surface area (Å²) in [6.45, 7) is 4.13. The number of aliphatic hydroxyl groups excluding tert-OH is 1. The highest BCUT2D eigenvalue weighted by Gasteiger charge is 2.06. The molecule has 0 bridgehead atoms. The molecule has 0 saturated carbocycles. The van der Waals surface area contributed by atoms with Gasteiger partial charge in [0.15, 0.2) is 0 Å². The monoisotopic (exact) mass is 228 g/mol. The predicted octanol–water partition coefficient (Wildman–Crippen LogP) is 2.96. The van der Waals surface area contributed by atoms with Crippen molar-refractivity contribution in [2.24, 2.45) is 0 Å². The standard InChI is InChI=1S/C15H16O2/c1-2-11-17-15-9-5-13(6-10-15)12-3-7-14(16)8-4-12/h2-7,9-10,14,16H,1,8,11H2. The molecule has 1 N–H and O–H groups in total. The maximum atomic E-state index is 9.35. The first-order valence-electron chi connectivity index (χ1n) is 5.70. The third kappa shape index (κ3) is 3.08. The van der Waals surface area contributed by atoms with Crippen molar-refractivity contribution in [2.75, 3.05) is 6.61 Å². The first-order chi connectivity index (χ1) is 8.29. The second kappa shape index (κ2) is 5.51. The molecule has 0 aromatic heterocycles. The van der Waals surface area contributed by atoms with E-state index < -0.39 is 0 Å². The lowest BCUT2D eigenvalue weighted by Gasteiger charge is -2.11. The van der Waals surface area contributed by atoms with E-state index in [4.69, 9.17) is 4.74 Å². The van der Waals surface area contributed by atoms with Crippen molar-refractivity contribution in [3.8, 4) is 5.75 Å². The highest BCUT2D eigenvalue weighted by molar-refractivity contribution is 5.75. The van der Waals surface area contributed by atoms with Crippen LogP contribution in [0.1, 0.15) is 12.0 Å². The van der Waals surface area contributed by atoms with E-state index in [9.17, 15) is 5.11 Å². The van der Waals surface area contributed by atoms with Crippen LogP contribution in [-0.4, -0.2) is 17.8 Å². The third-order valence-corrected chi connectivity index (χ3v) is 2.63. The van der Waals surface area contributed by atoms with Gasteiger partial charge in [0.2, 0.25) is 0 Å². The van der Waals surface area contributed by atoms with Gasteiger partial charge in [0, 0.05) is 0 Å². The van der Waals surface area contributed by atoms with Crippen molar-refractivity contribution in [3.63, 3.8) is 0 Å². The Morgan fingerprint density at radius 1 is 1.35 bits per heavy atom. The van der Waals surface area contributed by atoms with Crippen molar-refractivity contribution in [1.82, 2.24) is 0 Å². The van der Waals surface area contributed by atoms with Crippen LogP contribution in [0.5, 0.6) is 5.75 Å². The summed E-state index contributed by atoms with van der Waals surface area (Å²) in [7, 11) is 0. The normalized spacial score (nSPS) is 18.6. The van der Waals surface area contributed by atoms with E-state index in [0.717, 1.165) is 16.9 Å². The van der Waals surface area contributed by atoms with Crippen LogP contribution in [0.2, 0.25) is 0 Å². The van der Waals surface area contributed by atoms with E-state index >= 15 is 0 Å². The van der Waals surface area contributed by atoms with Gasteiger partial charge in [0.1, 0.15) is 12.4 Å². The molecule has 2 rings (SSSR count). The number of hydrogen-bond donors (Lipinski definition) is 1. The molecule has 1 aromatic rings. The van der Waals surface area contributed by atoms with Crippen LogP contribution in [0.4, 0.5) is 0 Å². The van der Waals surface area contributed by atoms with E-state index in [1.54, 1.807) is 6.08 Å². The van der Waals surface area contributed by atoms with E-state index in [1.165, 1.54) is 0 Å². The summed E-state index contributed by atoms with van der Waals surface area (Å²) in [6, 6.07) is 7.93. The molecule has 88 valence electrons. The lowest BCUT2D eigenvalue weighted by molar-refractivity contribution is 0.226. The predicted molar refractivity (Wildman–Crippen MR) is 69.9 cm³/mol. The van der Waals surface area contributed by atoms with Gasteiger partial charge >= 0.3 is 0 Å². The van der Waals surface area contributed by atoms with Crippen LogP contribution in [0.25, 0.3) is 5.57 Å². The molecule has 0 aliphatic heterocycles. The Morgan fingerprint density at radius 3 is 2.71 bits per heavy atom. The summed E-state index contributed by atoms with van der Waals surface area (Å²) in [4.78, 5) is 0. The second-order valence-corrected chi connectivity index (χ2v) is 3.95. The molecule has 0 saturated heterocycles. The smallest absolute Gasteiger partial charge is 0.119 e. The highest BCUT2D eigenvalue weighted by atomic mass is 16.5. The summed E-state index contributed by atoms with van der Waals surface area (Å²) in [5.74, 6) is 0.842. The van der Waals surface area contributed by atoms with Gasteiger partial charge in [-0.15, -0.1) is 0 Å². The van der Waals surface area contributed by atoms with Crippen LogP contribution >= 0.6 is 0 Å². The van der Waals surface area contributed by atoms with Gasteiger partial charge in [0.25, 0.3) is 0 Å². The van der Waals surface area contributed by atoms with Gasteiger partial charge in [-0.25, -0.2) is 0 Å². The highest BCUT2D eigenvalue weighted by Crippen LogP contribution is 2.23. The van der Waals surface area contributed by atoms with Crippen LogP contribution in [0.3, 0.4) is 0 Å². The van der Waals surface area contributed by atoms with Crippen molar-refractivity contribution in [1.29, 1.82) is 0 Å². The molecule has 1 atom stereocenters. The average Bonchev–Trinajstić information content (AvgIpc) is 2.38. The Labute approximate surface area is 102 Å². The minimum Gasteiger partial charge on any atom is -0.490 e. The minimum absolute atomic E-state index is 0.339. The van der Waals surface area contributed by atoms with Crippen LogP contribution in [-0.2, 0) is 0 Å². The molecule has 1 aliphatic carbocycles.